The van der Waals surface area contributed by atoms with E-state index in [1.54, 1.807) is 0 Å². The lowest BCUT2D eigenvalue weighted by atomic mass is 9.99. The Morgan fingerprint density at radius 3 is 2.71 bits per heavy atom. The van der Waals surface area contributed by atoms with Crippen LogP contribution in [0.3, 0.4) is 0 Å². The van der Waals surface area contributed by atoms with Gasteiger partial charge in [-0.05, 0) is 32.9 Å². The molecule has 0 aromatic rings. The number of piperidine rings is 1. The zero-order valence-corrected chi connectivity index (χ0v) is 8.62. The SMILES string of the molecule is CCNC(=O)CN1CCC(C#N)CC1. The summed E-state index contributed by atoms with van der Waals surface area (Å²) in [4.78, 5) is 13.4. The van der Waals surface area contributed by atoms with Crippen LogP contribution >= 0.6 is 0 Å². The Hall–Kier alpha value is -1.08. The van der Waals surface area contributed by atoms with Crippen LogP contribution in [0, 0.1) is 17.2 Å². The summed E-state index contributed by atoms with van der Waals surface area (Å²) < 4.78 is 0. The average Bonchev–Trinajstić information content (AvgIpc) is 2.19. The van der Waals surface area contributed by atoms with Crippen molar-refractivity contribution in [3.05, 3.63) is 0 Å². The standard InChI is InChI=1S/C10H17N3O/c1-2-12-10(14)8-13-5-3-9(7-11)4-6-13/h9H,2-6,8H2,1H3,(H,12,14). The monoisotopic (exact) mass is 195 g/mol. The van der Waals surface area contributed by atoms with Crippen LogP contribution in [0.15, 0.2) is 0 Å². The molecule has 0 atom stereocenters. The molecule has 0 radical (unpaired) electrons. The predicted molar refractivity (Wildman–Crippen MR) is 53.5 cm³/mol. The molecule has 1 aliphatic rings. The van der Waals surface area contributed by atoms with E-state index in [-0.39, 0.29) is 11.8 Å². The molecule has 1 rings (SSSR count). The van der Waals surface area contributed by atoms with Gasteiger partial charge in [0, 0.05) is 12.5 Å². The fraction of sp³-hybridized carbons (Fsp3) is 0.800. The van der Waals surface area contributed by atoms with Crippen molar-refractivity contribution in [1.29, 1.82) is 5.26 Å². The number of nitrogens with one attached hydrogen (secondary N) is 1. The molecular formula is C10H17N3O. The second-order valence-electron chi connectivity index (χ2n) is 3.63. The van der Waals surface area contributed by atoms with E-state index in [1.807, 2.05) is 6.92 Å². The molecule has 0 spiro atoms. The third-order valence-corrected chi connectivity index (χ3v) is 2.51. The zero-order chi connectivity index (χ0) is 10.4. The van der Waals surface area contributed by atoms with Gasteiger partial charge in [-0.1, -0.05) is 0 Å². The number of carbonyl (C=O) groups excluding carboxylic acids is 1. The summed E-state index contributed by atoms with van der Waals surface area (Å²) in [6, 6.07) is 2.28. The minimum atomic E-state index is 0.0860. The molecule has 0 aromatic heterocycles. The number of carbonyl (C=O) groups is 1. The molecule has 1 amide bonds. The smallest absolute Gasteiger partial charge is 0.234 e. The first-order chi connectivity index (χ1) is 6.76. The average molecular weight is 195 g/mol. The summed E-state index contributed by atoms with van der Waals surface area (Å²) >= 11 is 0. The van der Waals surface area contributed by atoms with Crippen molar-refractivity contribution in [2.75, 3.05) is 26.2 Å². The number of nitrogens with zero attached hydrogens (tertiary/aromatic N) is 2. The lowest BCUT2D eigenvalue weighted by Gasteiger charge is -2.28. The van der Waals surface area contributed by atoms with Gasteiger partial charge in [-0.3, -0.25) is 9.69 Å². The summed E-state index contributed by atoms with van der Waals surface area (Å²) in [7, 11) is 0. The first-order valence-electron chi connectivity index (χ1n) is 5.15. The minimum absolute atomic E-state index is 0.0860. The normalized spacial score (nSPS) is 18.9. The highest BCUT2D eigenvalue weighted by Gasteiger charge is 2.19. The van der Waals surface area contributed by atoms with Crippen LogP contribution in [0.2, 0.25) is 0 Å². The van der Waals surface area contributed by atoms with Crippen molar-refractivity contribution in [3.63, 3.8) is 0 Å². The predicted octanol–water partition coefficient (Wildman–Crippen LogP) is 0.358. The van der Waals surface area contributed by atoms with E-state index in [2.05, 4.69) is 16.3 Å². The maximum absolute atomic E-state index is 11.2. The Morgan fingerprint density at radius 2 is 2.21 bits per heavy atom. The fourth-order valence-corrected chi connectivity index (χ4v) is 1.68. The Balaban J connectivity index is 2.22. The van der Waals surface area contributed by atoms with Gasteiger partial charge in [-0.2, -0.15) is 5.26 Å². The maximum Gasteiger partial charge on any atom is 0.234 e. The van der Waals surface area contributed by atoms with Gasteiger partial charge in [-0.15, -0.1) is 0 Å². The van der Waals surface area contributed by atoms with Gasteiger partial charge >= 0.3 is 0 Å². The van der Waals surface area contributed by atoms with Gasteiger partial charge < -0.3 is 5.32 Å². The van der Waals surface area contributed by atoms with E-state index < -0.39 is 0 Å². The topological polar surface area (TPSA) is 56.1 Å². The van der Waals surface area contributed by atoms with Gasteiger partial charge in [0.2, 0.25) is 5.91 Å². The molecule has 1 fully saturated rings. The van der Waals surface area contributed by atoms with Crippen LogP contribution < -0.4 is 5.32 Å². The summed E-state index contributed by atoms with van der Waals surface area (Å²) in [5, 5.41) is 11.5. The molecule has 1 N–H and O–H groups in total. The van der Waals surface area contributed by atoms with Crippen molar-refractivity contribution in [3.8, 4) is 6.07 Å². The molecule has 0 aliphatic carbocycles. The largest absolute Gasteiger partial charge is 0.355 e. The molecular weight excluding hydrogens is 178 g/mol. The summed E-state index contributed by atoms with van der Waals surface area (Å²) in [6.07, 6.45) is 1.80. The van der Waals surface area contributed by atoms with Crippen LogP contribution in [-0.2, 0) is 4.79 Å². The molecule has 14 heavy (non-hydrogen) atoms. The van der Waals surface area contributed by atoms with Crippen LogP contribution in [-0.4, -0.2) is 37.0 Å². The van der Waals surface area contributed by atoms with E-state index in [9.17, 15) is 4.79 Å². The lowest BCUT2D eigenvalue weighted by molar-refractivity contribution is -0.122. The molecule has 0 saturated carbocycles. The molecule has 1 heterocycles. The van der Waals surface area contributed by atoms with E-state index >= 15 is 0 Å². The van der Waals surface area contributed by atoms with Gasteiger partial charge in [0.25, 0.3) is 0 Å². The van der Waals surface area contributed by atoms with Gasteiger partial charge in [0.05, 0.1) is 12.6 Å². The third kappa shape index (κ3) is 3.35. The highest BCUT2D eigenvalue weighted by Crippen LogP contribution is 2.15. The van der Waals surface area contributed by atoms with Crippen LogP contribution in [0.25, 0.3) is 0 Å². The van der Waals surface area contributed by atoms with Gasteiger partial charge in [0.1, 0.15) is 0 Å². The highest BCUT2D eigenvalue weighted by molar-refractivity contribution is 5.77. The first-order valence-corrected chi connectivity index (χ1v) is 5.15. The van der Waals surface area contributed by atoms with E-state index in [0.29, 0.717) is 13.1 Å². The van der Waals surface area contributed by atoms with E-state index in [1.165, 1.54) is 0 Å². The number of nitriles is 1. The maximum atomic E-state index is 11.2. The van der Waals surface area contributed by atoms with E-state index in [0.717, 1.165) is 25.9 Å². The molecule has 78 valence electrons. The van der Waals surface area contributed by atoms with Crippen LogP contribution in [0.5, 0.6) is 0 Å². The molecule has 4 nitrogen and oxygen atoms in total. The van der Waals surface area contributed by atoms with Crippen molar-refractivity contribution >= 4 is 5.91 Å². The number of hydrogen-bond donors (Lipinski definition) is 1. The summed E-state index contributed by atoms with van der Waals surface area (Å²) in [6.45, 7) is 4.82. The number of likely N-dealkylation sites (N-methyl/N-ethyl adjacent to an activating group) is 1. The number of rotatable bonds is 3. The van der Waals surface area contributed by atoms with Crippen molar-refractivity contribution < 1.29 is 4.79 Å². The Morgan fingerprint density at radius 1 is 1.57 bits per heavy atom. The van der Waals surface area contributed by atoms with Crippen LogP contribution in [0.4, 0.5) is 0 Å². The Bertz CT molecular complexity index is 226. The van der Waals surface area contributed by atoms with Crippen molar-refractivity contribution in [2.24, 2.45) is 5.92 Å². The lowest BCUT2D eigenvalue weighted by Crippen LogP contribution is -2.41. The number of likely N-dealkylation sites (tertiary alicyclic amines) is 1. The quantitative estimate of drug-likeness (QED) is 0.707. The number of hydrogen-bond acceptors (Lipinski definition) is 3. The summed E-state index contributed by atoms with van der Waals surface area (Å²) in [5.41, 5.74) is 0. The molecule has 1 saturated heterocycles. The molecule has 0 bridgehead atoms. The fourth-order valence-electron chi connectivity index (χ4n) is 1.68. The van der Waals surface area contributed by atoms with Crippen molar-refractivity contribution in [1.82, 2.24) is 10.2 Å². The van der Waals surface area contributed by atoms with Crippen molar-refractivity contribution in [2.45, 2.75) is 19.8 Å². The van der Waals surface area contributed by atoms with Gasteiger partial charge in [-0.25, -0.2) is 0 Å². The van der Waals surface area contributed by atoms with Crippen LogP contribution in [0.1, 0.15) is 19.8 Å². The molecule has 1 aliphatic heterocycles. The number of amides is 1. The molecule has 4 heteroatoms. The Kier molecular flexibility index (Phi) is 4.41. The molecule has 0 aromatic carbocycles. The Labute approximate surface area is 84.9 Å². The first kappa shape index (κ1) is 11.0. The molecule has 0 unspecified atom stereocenters. The highest BCUT2D eigenvalue weighted by atomic mass is 16.2. The van der Waals surface area contributed by atoms with E-state index in [4.69, 9.17) is 5.26 Å². The second-order valence-corrected chi connectivity index (χ2v) is 3.63. The second kappa shape index (κ2) is 5.61. The zero-order valence-electron chi connectivity index (χ0n) is 8.62. The minimum Gasteiger partial charge on any atom is -0.355 e. The third-order valence-electron chi connectivity index (χ3n) is 2.51. The summed E-state index contributed by atoms with van der Waals surface area (Å²) in [5.74, 6) is 0.281. The van der Waals surface area contributed by atoms with Gasteiger partial charge in [0.15, 0.2) is 0 Å².